The van der Waals surface area contributed by atoms with Crippen LogP contribution in [0.4, 0.5) is 0 Å². The van der Waals surface area contributed by atoms with E-state index in [1.165, 1.54) is 10.4 Å². The van der Waals surface area contributed by atoms with Crippen molar-refractivity contribution in [2.75, 3.05) is 33.7 Å². The molecule has 0 bridgehead atoms. The summed E-state index contributed by atoms with van der Waals surface area (Å²) in [5.41, 5.74) is 0.171. The molecule has 1 aromatic heterocycles. The second-order valence-electron chi connectivity index (χ2n) is 7.17. The highest BCUT2D eigenvalue weighted by Crippen LogP contribution is 2.24. The summed E-state index contributed by atoms with van der Waals surface area (Å²) in [6.45, 7) is 1.30. The van der Waals surface area contributed by atoms with Gasteiger partial charge >= 0.3 is 0 Å². The van der Waals surface area contributed by atoms with E-state index >= 15 is 0 Å². The highest BCUT2D eigenvalue weighted by molar-refractivity contribution is 7.89. The number of amides is 1. The average Bonchev–Trinajstić information content (AvgIpc) is 3.23. The molecule has 1 N–H and O–H groups in total. The van der Waals surface area contributed by atoms with Gasteiger partial charge < -0.3 is 9.73 Å². The van der Waals surface area contributed by atoms with Gasteiger partial charge in [0.2, 0.25) is 10.0 Å². The van der Waals surface area contributed by atoms with E-state index in [9.17, 15) is 13.2 Å². The number of piperidine rings is 1. The topological polar surface area (TPSA) is 82.9 Å². The predicted octanol–water partition coefficient (Wildman–Crippen LogP) is 2.49. The van der Waals surface area contributed by atoms with E-state index in [1.54, 1.807) is 30.5 Å². The molecule has 1 aromatic carbocycles. The number of carbonyl (C=O) groups excluding carboxylic acids is 1. The Morgan fingerprint density at radius 1 is 1.14 bits per heavy atom. The van der Waals surface area contributed by atoms with Gasteiger partial charge in [0.1, 0.15) is 5.76 Å². The lowest BCUT2D eigenvalue weighted by Crippen LogP contribution is -2.38. The molecule has 0 saturated carbocycles. The summed E-state index contributed by atoms with van der Waals surface area (Å²) < 4.78 is 33.1. The Kier molecular flexibility index (Phi) is 6.53. The zero-order valence-corrected chi connectivity index (χ0v) is 17.1. The van der Waals surface area contributed by atoms with Crippen LogP contribution < -0.4 is 5.32 Å². The van der Waals surface area contributed by atoms with Gasteiger partial charge in [-0.1, -0.05) is 18.6 Å². The lowest BCUT2D eigenvalue weighted by atomic mass is 10.1. The quantitative estimate of drug-likeness (QED) is 0.765. The van der Waals surface area contributed by atoms with Crippen molar-refractivity contribution in [1.29, 1.82) is 0 Å². The van der Waals surface area contributed by atoms with Gasteiger partial charge in [-0.3, -0.25) is 9.69 Å². The minimum Gasteiger partial charge on any atom is -0.468 e. The molecule has 1 aliphatic rings. The Hall–Kier alpha value is -2.16. The number of hydrogen-bond donors (Lipinski definition) is 1. The Bertz CT molecular complexity index is 888. The number of likely N-dealkylation sites (N-methyl/N-ethyl adjacent to an activating group) is 1. The highest BCUT2D eigenvalue weighted by atomic mass is 32.2. The summed E-state index contributed by atoms with van der Waals surface area (Å²) >= 11 is 0. The molecule has 3 rings (SSSR count). The smallest absolute Gasteiger partial charge is 0.252 e. The first kappa shape index (κ1) is 20.6. The number of rotatable bonds is 7. The molecule has 1 aliphatic heterocycles. The molecule has 7 nitrogen and oxygen atoms in total. The molecule has 1 unspecified atom stereocenters. The van der Waals surface area contributed by atoms with Gasteiger partial charge in [-0.05, 0) is 51.2 Å². The third-order valence-corrected chi connectivity index (χ3v) is 6.97. The first-order valence-electron chi connectivity index (χ1n) is 9.48. The maximum atomic E-state index is 13.1. The van der Waals surface area contributed by atoms with Crippen LogP contribution in [0.2, 0.25) is 0 Å². The number of carbonyl (C=O) groups is 1. The van der Waals surface area contributed by atoms with E-state index in [0.717, 1.165) is 25.0 Å². The van der Waals surface area contributed by atoms with Gasteiger partial charge in [0.25, 0.3) is 5.91 Å². The van der Waals surface area contributed by atoms with Crippen LogP contribution in [0.25, 0.3) is 0 Å². The predicted molar refractivity (Wildman–Crippen MR) is 107 cm³/mol. The molecule has 0 aliphatic carbocycles. The Morgan fingerprint density at radius 2 is 1.86 bits per heavy atom. The SMILES string of the molecule is CN(C)C(CNC(=O)c1ccccc1S(=O)(=O)N1CCCCC1)c1ccco1. The van der Waals surface area contributed by atoms with Gasteiger partial charge in [0.15, 0.2) is 0 Å². The lowest BCUT2D eigenvalue weighted by Gasteiger charge is -2.27. The molecule has 1 fully saturated rings. The van der Waals surface area contributed by atoms with Gasteiger partial charge in [0, 0.05) is 19.6 Å². The molecule has 152 valence electrons. The van der Waals surface area contributed by atoms with Crippen molar-refractivity contribution in [3.63, 3.8) is 0 Å². The maximum Gasteiger partial charge on any atom is 0.252 e. The largest absolute Gasteiger partial charge is 0.468 e. The van der Waals surface area contributed by atoms with Crippen molar-refractivity contribution in [2.45, 2.75) is 30.2 Å². The monoisotopic (exact) mass is 405 g/mol. The van der Waals surface area contributed by atoms with Gasteiger partial charge in [-0.25, -0.2) is 8.42 Å². The average molecular weight is 406 g/mol. The van der Waals surface area contributed by atoms with Crippen molar-refractivity contribution in [1.82, 2.24) is 14.5 Å². The van der Waals surface area contributed by atoms with E-state index in [4.69, 9.17) is 4.42 Å². The normalized spacial score (nSPS) is 16.8. The molecule has 0 spiro atoms. The van der Waals surface area contributed by atoms with Crippen LogP contribution in [0.3, 0.4) is 0 Å². The first-order chi connectivity index (χ1) is 13.4. The molecule has 28 heavy (non-hydrogen) atoms. The number of nitrogens with one attached hydrogen (secondary N) is 1. The molecule has 0 radical (unpaired) electrons. The van der Waals surface area contributed by atoms with Gasteiger partial charge in [-0.15, -0.1) is 0 Å². The summed E-state index contributed by atoms with van der Waals surface area (Å²) in [4.78, 5) is 14.9. The van der Waals surface area contributed by atoms with Crippen LogP contribution in [-0.2, 0) is 10.0 Å². The van der Waals surface area contributed by atoms with E-state index in [2.05, 4.69) is 5.32 Å². The van der Waals surface area contributed by atoms with Crippen LogP contribution in [-0.4, -0.2) is 57.3 Å². The Morgan fingerprint density at radius 3 is 2.50 bits per heavy atom. The summed E-state index contributed by atoms with van der Waals surface area (Å²) in [5, 5.41) is 2.86. The second kappa shape index (κ2) is 8.89. The van der Waals surface area contributed by atoms with Gasteiger partial charge in [0.05, 0.1) is 22.8 Å². The third kappa shape index (κ3) is 4.45. The van der Waals surface area contributed by atoms with E-state index in [0.29, 0.717) is 19.6 Å². The second-order valence-corrected chi connectivity index (χ2v) is 9.07. The fourth-order valence-electron chi connectivity index (χ4n) is 3.43. The molecule has 1 atom stereocenters. The summed E-state index contributed by atoms with van der Waals surface area (Å²) in [5.74, 6) is 0.328. The molecule has 1 saturated heterocycles. The van der Waals surface area contributed by atoms with E-state index < -0.39 is 15.9 Å². The summed E-state index contributed by atoms with van der Waals surface area (Å²) in [6.07, 6.45) is 4.32. The molecule has 1 amide bonds. The van der Waals surface area contributed by atoms with Crippen LogP contribution in [0.1, 0.15) is 41.4 Å². The maximum absolute atomic E-state index is 13.1. The highest BCUT2D eigenvalue weighted by Gasteiger charge is 2.30. The minimum absolute atomic E-state index is 0.0637. The van der Waals surface area contributed by atoms with E-state index in [-0.39, 0.29) is 16.5 Å². The lowest BCUT2D eigenvalue weighted by molar-refractivity contribution is 0.0935. The number of benzene rings is 1. The molecule has 2 aromatic rings. The fraction of sp³-hybridized carbons (Fsp3) is 0.450. The van der Waals surface area contributed by atoms with Crippen molar-refractivity contribution < 1.29 is 17.6 Å². The van der Waals surface area contributed by atoms with E-state index in [1.807, 2.05) is 25.1 Å². The Balaban J connectivity index is 1.79. The Labute approximate surface area is 166 Å². The standard InChI is InChI=1S/C20H27N3O4S/c1-22(2)17(18-10-8-14-27-18)15-21-20(24)16-9-4-5-11-19(16)28(25,26)23-12-6-3-7-13-23/h4-5,8-11,14,17H,3,6-7,12-13,15H2,1-2H3,(H,21,24). The molecule has 2 heterocycles. The van der Waals surface area contributed by atoms with Crippen molar-refractivity contribution >= 4 is 15.9 Å². The van der Waals surface area contributed by atoms with Crippen molar-refractivity contribution in [3.05, 3.63) is 54.0 Å². The van der Waals surface area contributed by atoms with Crippen LogP contribution in [0, 0.1) is 0 Å². The third-order valence-electron chi connectivity index (χ3n) is 5.02. The number of hydrogen-bond acceptors (Lipinski definition) is 5. The molecular formula is C20H27N3O4S. The number of nitrogens with zero attached hydrogens (tertiary/aromatic N) is 2. The summed E-state index contributed by atoms with van der Waals surface area (Å²) in [7, 11) is 0.102. The number of furan rings is 1. The van der Waals surface area contributed by atoms with Crippen LogP contribution in [0.15, 0.2) is 52.0 Å². The van der Waals surface area contributed by atoms with Crippen LogP contribution >= 0.6 is 0 Å². The van der Waals surface area contributed by atoms with Gasteiger partial charge in [-0.2, -0.15) is 4.31 Å². The van der Waals surface area contributed by atoms with Crippen molar-refractivity contribution in [2.24, 2.45) is 0 Å². The first-order valence-corrected chi connectivity index (χ1v) is 10.9. The van der Waals surface area contributed by atoms with Crippen molar-refractivity contribution in [3.8, 4) is 0 Å². The minimum atomic E-state index is -3.69. The fourth-order valence-corrected chi connectivity index (χ4v) is 5.13. The summed E-state index contributed by atoms with van der Waals surface area (Å²) in [6, 6.07) is 9.90. The molecule has 8 heteroatoms. The zero-order chi connectivity index (χ0) is 20.1. The molecular weight excluding hydrogens is 378 g/mol. The number of sulfonamides is 1. The zero-order valence-electron chi connectivity index (χ0n) is 16.3. The van der Waals surface area contributed by atoms with Crippen LogP contribution in [0.5, 0.6) is 0 Å².